The molecule has 2 atom stereocenters. The van der Waals surface area contributed by atoms with Gasteiger partial charge in [0.05, 0.1) is 17.7 Å². The number of benzene rings is 1. The molecular weight excluding hydrogens is 306 g/mol. The molecule has 3 nitrogen and oxygen atoms in total. The number of fused-ring (bicyclic) bond motifs is 1. The van der Waals surface area contributed by atoms with E-state index < -0.39 is 0 Å². The number of hydrogen-bond donors (Lipinski definition) is 1. The molecule has 19 heavy (non-hydrogen) atoms. The monoisotopic (exact) mass is 325 g/mol. The molecule has 0 aromatic heterocycles. The minimum absolute atomic E-state index is 0.674. The fourth-order valence-corrected chi connectivity index (χ4v) is 3.25. The maximum Gasteiger partial charge on any atom is 0.175 e. The van der Waals surface area contributed by atoms with E-state index in [1.54, 1.807) is 0 Å². The van der Waals surface area contributed by atoms with Crippen molar-refractivity contribution in [1.29, 1.82) is 0 Å². The molecule has 1 heterocycles. The van der Waals surface area contributed by atoms with Crippen LogP contribution in [0.25, 0.3) is 0 Å². The van der Waals surface area contributed by atoms with Gasteiger partial charge in [-0.3, -0.25) is 0 Å². The molecule has 0 bridgehead atoms. The highest BCUT2D eigenvalue weighted by Gasteiger charge is 2.38. The predicted octanol–water partition coefficient (Wildman–Crippen LogP) is 3.32. The highest BCUT2D eigenvalue weighted by molar-refractivity contribution is 9.10. The van der Waals surface area contributed by atoms with E-state index in [4.69, 9.17) is 9.47 Å². The second-order valence-electron chi connectivity index (χ2n) is 5.29. The molecule has 1 N–H and O–H groups in total. The summed E-state index contributed by atoms with van der Waals surface area (Å²) >= 11 is 3.62. The molecule has 0 amide bonds. The van der Waals surface area contributed by atoms with Crippen molar-refractivity contribution in [3.05, 3.63) is 22.2 Å². The van der Waals surface area contributed by atoms with Gasteiger partial charge >= 0.3 is 0 Å². The molecule has 1 aliphatic heterocycles. The first kappa shape index (κ1) is 13.3. The molecule has 1 aliphatic carbocycles. The summed E-state index contributed by atoms with van der Waals surface area (Å²) in [5.74, 6) is 3.21. The lowest BCUT2D eigenvalue weighted by Crippen LogP contribution is -2.16. The van der Waals surface area contributed by atoms with E-state index in [1.807, 2.05) is 0 Å². The maximum absolute atomic E-state index is 5.79. The van der Waals surface area contributed by atoms with E-state index >= 15 is 0 Å². The standard InChI is InChI=1S/C15H20BrNO2/c1-2-17-9-11-6-12(11)10-7-13(16)15-14(8-10)18-4-3-5-19-15/h7-8,11-12,17H,2-6,9H2,1H3. The molecule has 0 spiro atoms. The summed E-state index contributed by atoms with van der Waals surface area (Å²) in [6.45, 7) is 5.80. The smallest absolute Gasteiger partial charge is 0.175 e. The van der Waals surface area contributed by atoms with Crippen LogP contribution in [0, 0.1) is 5.92 Å². The van der Waals surface area contributed by atoms with Gasteiger partial charge in [-0.25, -0.2) is 0 Å². The van der Waals surface area contributed by atoms with Crippen molar-refractivity contribution in [2.24, 2.45) is 5.92 Å². The molecule has 1 aromatic rings. The fraction of sp³-hybridized carbons (Fsp3) is 0.600. The van der Waals surface area contributed by atoms with Gasteiger partial charge in [0.15, 0.2) is 11.5 Å². The summed E-state index contributed by atoms with van der Waals surface area (Å²) in [6.07, 6.45) is 2.22. The molecule has 0 radical (unpaired) electrons. The van der Waals surface area contributed by atoms with Gasteiger partial charge < -0.3 is 14.8 Å². The van der Waals surface area contributed by atoms with Crippen LogP contribution in [0.2, 0.25) is 0 Å². The predicted molar refractivity (Wildman–Crippen MR) is 79.1 cm³/mol. The summed E-state index contributed by atoms with van der Waals surface area (Å²) in [6, 6.07) is 4.37. The minimum atomic E-state index is 0.674. The Balaban J connectivity index is 1.77. The Morgan fingerprint density at radius 2 is 2.16 bits per heavy atom. The van der Waals surface area contributed by atoms with Crippen molar-refractivity contribution < 1.29 is 9.47 Å². The third-order valence-electron chi connectivity index (χ3n) is 3.83. The van der Waals surface area contributed by atoms with Gasteiger partial charge in [0, 0.05) is 6.42 Å². The summed E-state index contributed by atoms with van der Waals surface area (Å²) in [7, 11) is 0. The highest BCUT2D eigenvalue weighted by Crippen LogP contribution is 2.50. The molecule has 4 heteroatoms. The number of nitrogens with one attached hydrogen (secondary N) is 1. The third kappa shape index (κ3) is 2.90. The molecular formula is C15H20BrNO2. The van der Waals surface area contributed by atoms with E-state index in [0.717, 1.165) is 54.6 Å². The average Bonchev–Trinajstić information content (AvgIpc) is 3.19. The van der Waals surface area contributed by atoms with Crippen LogP contribution >= 0.6 is 15.9 Å². The van der Waals surface area contributed by atoms with Gasteiger partial charge in [0.1, 0.15) is 0 Å². The highest BCUT2D eigenvalue weighted by atomic mass is 79.9. The number of rotatable bonds is 4. The van der Waals surface area contributed by atoms with E-state index in [-0.39, 0.29) is 0 Å². The van der Waals surface area contributed by atoms with Crippen LogP contribution in [-0.4, -0.2) is 26.3 Å². The van der Waals surface area contributed by atoms with Gasteiger partial charge in [-0.15, -0.1) is 0 Å². The Labute approximate surface area is 122 Å². The Morgan fingerprint density at radius 1 is 1.32 bits per heavy atom. The second kappa shape index (κ2) is 5.71. The molecule has 1 fully saturated rings. The van der Waals surface area contributed by atoms with Crippen molar-refractivity contribution in [1.82, 2.24) is 5.32 Å². The van der Waals surface area contributed by atoms with Gasteiger partial charge in [0.25, 0.3) is 0 Å². The first-order valence-electron chi connectivity index (χ1n) is 7.09. The number of halogens is 1. The number of ether oxygens (including phenoxy) is 2. The molecule has 1 aromatic carbocycles. The van der Waals surface area contributed by atoms with Crippen molar-refractivity contribution in [3.8, 4) is 11.5 Å². The van der Waals surface area contributed by atoms with Crippen molar-refractivity contribution >= 4 is 15.9 Å². The maximum atomic E-state index is 5.79. The molecule has 1 saturated carbocycles. The van der Waals surface area contributed by atoms with E-state index in [0.29, 0.717) is 5.92 Å². The minimum Gasteiger partial charge on any atom is -0.490 e. The van der Waals surface area contributed by atoms with Crippen LogP contribution in [-0.2, 0) is 0 Å². The van der Waals surface area contributed by atoms with Crippen LogP contribution in [0.5, 0.6) is 11.5 Å². The zero-order valence-electron chi connectivity index (χ0n) is 11.2. The molecule has 104 valence electrons. The zero-order chi connectivity index (χ0) is 13.2. The van der Waals surface area contributed by atoms with Crippen LogP contribution in [0.15, 0.2) is 16.6 Å². The Morgan fingerprint density at radius 3 is 3.00 bits per heavy atom. The van der Waals surface area contributed by atoms with E-state index in [2.05, 4.69) is 40.3 Å². The van der Waals surface area contributed by atoms with Crippen LogP contribution in [0.3, 0.4) is 0 Å². The molecule has 2 aliphatic rings. The first-order valence-corrected chi connectivity index (χ1v) is 7.88. The SMILES string of the molecule is CCNCC1CC1c1cc(Br)c2c(c1)OCCCO2. The van der Waals surface area contributed by atoms with Crippen molar-refractivity contribution in [2.75, 3.05) is 26.3 Å². The third-order valence-corrected chi connectivity index (χ3v) is 4.42. The number of hydrogen-bond acceptors (Lipinski definition) is 3. The van der Waals surface area contributed by atoms with Gasteiger partial charge in [-0.1, -0.05) is 6.92 Å². The summed E-state index contributed by atoms with van der Waals surface area (Å²) < 4.78 is 12.6. The Bertz CT molecular complexity index is 464. The molecule has 3 rings (SSSR count). The fourth-order valence-electron chi connectivity index (χ4n) is 2.68. The quantitative estimate of drug-likeness (QED) is 0.921. The summed E-state index contributed by atoms with van der Waals surface area (Å²) in [4.78, 5) is 0. The van der Waals surface area contributed by atoms with Crippen molar-refractivity contribution in [3.63, 3.8) is 0 Å². The Kier molecular flexibility index (Phi) is 3.99. The topological polar surface area (TPSA) is 30.5 Å². The summed E-state index contributed by atoms with van der Waals surface area (Å²) in [5, 5.41) is 3.43. The normalized spacial score (nSPS) is 24.9. The first-order chi connectivity index (χ1) is 9.29. The van der Waals surface area contributed by atoms with Gasteiger partial charge in [-0.05, 0) is 65.0 Å². The second-order valence-corrected chi connectivity index (χ2v) is 6.14. The average molecular weight is 326 g/mol. The largest absolute Gasteiger partial charge is 0.490 e. The molecule has 0 saturated heterocycles. The van der Waals surface area contributed by atoms with Gasteiger partial charge in [-0.2, -0.15) is 0 Å². The van der Waals surface area contributed by atoms with Crippen LogP contribution in [0.4, 0.5) is 0 Å². The van der Waals surface area contributed by atoms with E-state index in [9.17, 15) is 0 Å². The Hall–Kier alpha value is -0.740. The summed E-state index contributed by atoms with van der Waals surface area (Å²) in [5.41, 5.74) is 1.37. The van der Waals surface area contributed by atoms with Crippen molar-refractivity contribution in [2.45, 2.75) is 25.7 Å². The lowest BCUT2D eigenvalue weighted by atomic mass is 10.1. The van der Waals surface area contributed by atoms with Gasteiger partial charge in [0.2, 0.25) is 0 Å². The molecule has 2 unspecified atom stereocenters. The lowest BCUT2D eigenvalue weighted by Gasteiger charge is -2.12. The lowest BCUT2D eigenvalue weighted by molar-refractivity contribution is 0.296. The van der Waals surface area contributed by atoms with Crippen LogP contribution in [0.1, 0.15) is 31.2 Å². The zero-order valence-corrected chi connectivity index (χ0v) is 12.8. The van der Waals surface area contributed by atoms with Crippen LogP contribution < -0.4 is 14.8 Å². The van der Waals surface area contributed by atoms with E-state index in [1.165, 1.54) is 12.0 Å².